The third-order valence-electron chi connectivity index (χ3n) is 4.88. The number of carbonyl (C=O) groups is 1. The Kier molecular flexibility index (Phi) is 5.64. The Morgan fingerprint density at radius 1 is 1.16 bits per heavy atom. The molecule has 0 radical (unpaired) electrons. The number of nitrogen functional groups attached to an aromatic ring is 1. The van der Waals surface area contributed by atoms with Crippen LogP contribution in [0.25, 0.3) is 10.9 Å². The molecule has 0 spiro atoms. The van der Waals surface area contributed by atoms with Crippen LogP contribution in [0.15, 0.2) is 59.1 Å². The number of hydrogen-bond donors (Lipinski definition) is 2. The van der Waals surface area contributed by atoms with Gasteiger partial charge in [0.1, 0.15) is 0 Å². The van der Waals surface area contributed by atoms with Crippen molar-refractivity contribution in [3.8, 4) is 6.07 Å². The number of para-hydroxylation sites is 2. The number of rotatable bonds is 6. The van der Waals surface area contributed by atoms with Crippen LogP contribution in [0.4, 0.5) is 17.6 Å². The van der Waals surface area contributed by atoms with Gasteiger partial charge in [0.05, 0.1) is 12.6 Å². The average molecular weight is 476 g/mol. The van der Waals surface area contributed by atoms with Crippen molar-refractivity contribution in [3.05, 3.63) is 70.6 Å². The Balaban J connectivity index is 1.64. The number of nitrogens with two attached hydrogens (primary N) is 1. The van der Waals surface area contributed by atoms with Crippen LogP contribution in [0.2, 0.25) is 0 Å². The maximum absolute atomic E-state index is 13.1. The topological polar surface area (TPSA) is 123 Å². The SMILES string of the molecule is Cc1c(Br)c2ccccc2n1CC(=O)C(C#N)c1nc(N)nc(Nc2ccccc2)n1. The third kappa shape index (κ3) is 4.11. The lowest BCUT2D eigenvalue weighted by Gasteiger charge is -2.12. The van der Waals surface area contributed by atoms with Gasteiger partial charge < -0.3 is 15.6 Å². The Morgan fingerprint density at radius 3 is 2.61 bits per heavy atom. The first-order chi connectivity index (χ1) is 15.0. The molecule has 4 aromatic rings. The molecule has 0 bridgehead atoms. The molecule has 0 aliphatic carbocycles. The van der Waals surface area contributed by atoms with Crippen molar-refractivity contribution in [2.24, 2.45) is 0 Å². The van der Waals surface area contributed by atoms with Gasteiger partial charge in [0.25, 0.3) is 0 Å². The van der Waals surface area contributed by atoms with E-state index in [1.165, 1.54) is 0 Å². The molecule has 2 heterocycles. The number of carbonyl (C=O) groups excluding carboxylic acids is 1. The summed E-state index contributed by atoms with van der Waals surface area (Å²) in [5.41, 5.74) is 8.37. The van der Waals surface area contributed by atoms with Gasteiger partial charge in [-0.25, -0.2) is 0 Å². The lowest BCUT2D eigenvalue weighted by Crippen LogP contribution is -2.21. The normalized spacial score (nSPS) is 11.8. The fourth-order valence-corrected chi connectivity index (χ4v) is 3.91. The van der Waals surface area contributed by atoms with E-state index in [-0.39, 0.29) is 30.0 Å². The Hall–Kier alpha value is -3.77. The van der Waals surface area contributed by atoms with Gasteiger partial charge in [0, 0.05) is 26.8 Å². The zero-order valence-corrected chi connectivity index (χ0v) is 18.2. The highest BCUT2D eigenvalue weighted by Gasteiger charge is 2.26. The maximum atomic E-state index is 13.1. The highest BCUT2D eigenvalue weighted by Crippen LogP contribution is 2.31. The van der Waals surface area contributed by atoms with Crippen LogP contribution in [0.5, 0.6) is 0 Å². The van der Waals surface area contributed by atoms with Gasteiger partial charge in [-0.15, -0.1) is 0 Å². The number of aromatic nitrogens is 4. The van der Waals surface area contributed by atoms with Gasteiger partial charge in [-0.1, -0.05) is 36.4 Å². The van der Waals surface area contributed by atoms with Gasteiger partial charge in [-0.2, -0.15) is 20.2 Å². The van der Waals surface area contributed by atoms with E-state index in [1.807, 2.05) is 72.2 Å². The minimum absolute atomic E-state index is 0.00318. The number of nitrogens with one attached hydrogen (secondary N) is 1. The van der Waals surface area contributed by atoms with Crippen LogP contribution >= 0.6 is 15.9 Å². The van der Waals surface area contributed by atoms with E-state index < -0.39 is 5.92 Å². The summed E-state index contributed by atoms with van der Waals surface area (Å²) in [5.74, 6) is -1.39. The lowest BCUT2D eigenvalue weighted by molar-refractivity contribution is -0.120. The van der Waals surface area contributed by atoms with Gasteiger partial charge in [-0.3, -0.25) is 4.79 Å². The number of nitriles is 1. The van der Waals surface area contributed by atoms with Crippen LogP contribution in [0, 0.1) is 18.3 Å². The quantitative estimate of drug-likeness (QED) is 0.430. The molecule has 8 nitrogen and oxygen atoms in total. The summed E-state index contributed by atoms with van der Waals surface area (Å²) in [6.07, 6.45) is 0. The molecular formula is C22H18BrN7O. The van der Waals surface area contributed by atoms with E-state index in [0.717, 1.165) is 26.8 Å². The summed E-state index contributed by atoms with van der Waals surface area (Å²) in [7, 11) is 0. The van der Waals surface area contributed by atoms with Crippen molar-refractivity contribution in [3.63, 3.8) is 0 Å². The highest BCUT2D eigenvalue weighted by molar-refractivity contribution is 9.10. The largest absolute Gasteiger partial charge is 0.368 e. The molecule has 0 saturated heterocycles. The van der Waals surface area contributed by atoms with Crippen molar-refractivity contribution >= 4 is 50.2 Å². The molecule has 3 N–H and O–H groups in total. The van der Waals surface area contributed by atoms with Crippen molar-refractivity contribution in [2.75, 3.05) is 11.1 Å². The predicted molar refractivity (Wildman–Crippen MR) is 122 cm³/mol. The van der Waals surface area contributed by atoms with E-state index in [2.05, 4.69) is 36.2 Å². The minimum atomic E-state index is -1.18. The first-order valence-corrected chi connectivity index (χ1v) is 10.3. The molecule has 1 unspecified atom stereocenters. The Bertz CT molecular complexity index is 1310. The number of anilines is 3. The van der Waals surface area contributed by atoms with Crippen LogP contribution < -0.4 is 11.1 Å². The molecule has 2 aromatic carbocycles. The van der Waals surface area contributed by atoms with Gasteiger partial charge in [0.2, 0.25) is 11.9 Å². The molecule has 0 aliphatic rings. The fourth-order valence-electron chi connectivity index (χ4n) is 3.36. The predicted octanol–water partition coefficient (Wildman–Crippen LogP) is 4.10. The highest BCUT2D eigenvalue weighted by atomic mass is 79.9. The molecule has 4 rings (SSSR count). The zero-order chi connectivity index (χ0) is 22.0. The van der Waals surface area contributed by atoms with Crippen molar-refractivity contribution in [1.29, 1.82) is 5.26 Å². The number of fused-ring (bicyclic) bond motifs is 1. The van der Waals surface area contributed by atoms with E-state index >= 15 is 0 Å². The number of halogens is 1. The number of benzene rings is 2. The summed E-state index contributed by atoms with van der Waals surface area (Å²) in [5, 5.41) is 13.8. The molecule has 0 aliphatic heterocycles. The van der Waals surface area contributed by atoms with E-state index in [1.54, 1.807) is 0 Å². The summed E-state index contributed by atoms with van der Waals surface area (Å²) < 4.78 is 2.79. The zero-order valence-electron chi connectivity index (χ0n) is 16.6. The van der Waals surface area contributed by atoms with E-state index in [4.69, 9.17) is 5.73 Å². The molecule has 1 atom stereocenters. The molecule has 0 fully saturated rings. The minimum Gasteiger partial charge on any atom is -0.368 e. The van der Waals surface area contributed by atoms with Gasteiger partial charge in [-0.05, 0) is 41.1 Å². The molecule has 2 aromatic heterocycles. The first kappa shape index (κ1) is 20.5. The molecule has 154 valence electrons. The van der Waals surface area contributed by atoms with Crippen molar-refractivity contribution < 1.29 is 4.79 Å². The average Bonchev–Trinajstić information content (AvgIpc) is 3.00. The Morgan fingerprint density at radius 2 is 1.87 bits per heavy atom. The second-order valence-electron chi connectivity index (χ2n) is 6.90. The number of Topliss-reactive ketones (excluding diaryl/α,β-unsaturated/α-hetero) is 1. The Labute approximate surface area is 186 Å². The molecular weight excluding hydrogens is 458 g/mol. The van der Waals surface area contributed by atoms with Crippen LogP contribution in [0.3, 0.4) is 0 Å². The number of ketones is 1. The summed E-state index contributed by atoms with van der Waals surface area (Å²) >= 11 is 3.59. The second kappa shape index (κ2) is 8.53. The van der Waals surface area contributed by atoms with Crippen molar-refractivity contribution in [1.82, 2.24) is 19.5 Å². The first-order valence-electron chi connectivity index (χ1n) is 9.47. The fraction of sp³-hybridized carbons (Fsp3) is 0.136. The summed E-state index contributed by atoms with van der Waals surface area (Å²) in [6.45, 7) is 1.92. The molecule has 0 saturated carbocycles. The maximum Gasteiger partial charge on any atom is 0.232 e. The number of nitrogens with zero attached hydrogens (tertiary/aromatic N) is 5. The summed E-state index contributed by atoms with van der Waals surface area (Å²) in [6, 6.07) is 19.1. The standard InChI is InChI=1S/C22H18BrN7O/c1-13-19(23)15-9-5-6-10-17(15)30(13)12-18(31)16(11-24)20-27-21(25)29-22(28-20)26-14-7-3-2-4-8-14/h2-10,16H,12H2,1H3,(H3,25,26,27,28,29). The monoisotopic (exact) mass is 475 g/mol. The smallest absolute Gasteiger partial charge is 0.232 e. The molecule has 0 amide bonds. The third-order valence-corrected chi connectivity index (χ3v) is 5.88. The lowest BCUT2D eigenvalue weighted by atomic mass is 10.0. The van der Waals surface area contributed by atoms with Gasteiger partial charge in [0.15, 0.2) is 17.5 Å². The molecule has 31 heavy (non-hydrogen) atoms. The van der Waals surface area contributed by atoms with Crippen LogP contribution in [-0.4, -0.2) is 25.3 Å². The number of hydrogen-bond acceptors (Lipinski definition) is 7. The van der Waals surface area contributed by atoms with E-state index in [0.29, 0.717) is 0 Å². The molecule has 9 heteroatoms. The van der Waals surface area contributed by atoms with E-state index in [9.17, 15) is 10.1 Å². The second-order valence-corrected chi connectivity index (χ2v) is 7.69. The van der Waals surface area contributed by atoms with Crippen molar-refractivity contribution in [2.45, 2.75) is 19.4 Å². The van der Waals surface area contributed by atoms with Crippen LogP contribution in [-0.2, 0) is 11.3 Å². The van der Waals surface area contributed by atoms with Gasteiger partial charge >= 0.3 is 0 Å². The van der Waals surface area contributed by atoms with Crippen LogP contribution in [0.1, 0.15) is 17.4 Å². The summed E-state index contributed by atoms with van der Waals surface area (Å²) in [4.78, 5) is 25.5.